The van der Waals surface area contributed by atoms with E-state index >= 15 is 0 Å². The number of hydrogen-bond donors (Lipinski definition) is 0. The maximum atomic E-state index is 6.10. The van der Waals surface area contributed by atoms with Crippen LogP contribution in [0.25, 0.3) is 0 Å². The quantitative estimate of drug-likeness (QED) is 0.825. The van der Waals surface area contributed by atoms with Crippen LogP contribution in [0.15, 0.2) is 60.7 Å². The minimum Gasteiger partial charge on any atom is -0.372 e. The van der Waals surface area contributed by atoms with Gasteiger partial charge in [-0.3, -0.25) is 4.90 Å². The highest BCUT2D eigenvalue weighted by atomic mass is 16.5. The van der Waals surface area contributed by atoms with Gasteiger partial charge in [0.25, 0.3) is 0 Å². The summed E-state index contributed by atoms with van der Waals surface area (Å²) in [4.78, 5) is 2.51. The third kappa shape index (κ3) is 4.42. The van der Waals surface area contributed by atoms with Crippen molar-refractivity contribution in [1.82, 2.24) is 4.90 Å². The molecule has 1 unspecified atom stereocenters. The molecular formula is C19H23NO. The Bertz CT molecular complexity index is 526. The Morgan fingerprint density at radius 3 is 2.29 bits per heavy atom. The number of ether oxygens (including phenoxy) is 1. The van der Waals surface area contributed by atoms with Gasteiger partial charge < -0.3 is 4.74 Å². The summed E-state index contributed by atoms with van der Waals surface area (Å²) in [7, 11) is 0. The molecule has 1 heterocycles. The van der Waals surface area contributed by atoms with E-state index in [1.54, 1.807) is 0 Å². The van der Waals surface area contributed by atoms with Gasteiger partial charge in [-0.15, -0.1) is 0 Å². The van der Waals surface area contributed by atoms with Crippen LogP contribution in [0.4, 0.5) is 0 Å². The molecule has 2 nitrogen and oxygen atoms in total. The number of nitrogens with zero attached hydrogens (tertiary/aromatic N) is 1. The molecule has 1 fully saturated rings. The van der Waals surface area contributed by atoms with E-state index in [1.807, 2.05) is 6.07 Å². The summed E-state index contributed by atoms with van der Waals surface area (Å²) >= 11 is 0. The van der Waals surface area contributed by atoms with Crippen molar-refractivity contribution in [1.29, 1.82) is 0 Å². The molecule has 1 atom stereocenters. The smallest absolute Gasteiger partial charge is 0.0721 e. The third-order valence-electron chi connectivity index (χ3n) is 4.04. The van der Waals surface area contributed by atoms with Crippen LogP contribution >= 0.6 is 0 Å². The second-order valence-electron chi connectivity index (χ2n) is 5.78. The zero-order chi connectivity index (χ0) is 14.3. The maximum Gasteiger partial charge on any atom is 0.0721 e. The lowest BCUT2D eigenvalue weighted by Crippen LogP contribution is -2.39. The first-order chi connectivity index (χ1) is 10.4. The van der Waals surface area contributed by atoms with Crippen molar-refractivity contribution < 1.29 is 4.74 Å². The molecule has 3 rings (SSSR count). The van der Waals surface area contributed by atoms with Crippen molar-refractivity contribution >= 4 is 0 Å². The monoisotopic (exact) mass is 281 g/mol. The number of piperidine rings is 1. The van der Waals surface area contributed by atoms with Gasteiger partial charge in [0, 0.05) is 13.1 Å². The van der Waals surface area contributed by atoms with Crippen LogP contribution in [-0.2, 0) is 17.9 Å². The average Bonchev–Trinajstić information content (AvgIpc) is 2.55. The molecule has 0 saturated carbocycles. The summed E-state index contributed by atoms with van der Waals surface area (Å²) in [6.45, 7) is 3.98. The molecule has 0 bridgehead atoms. The lowest BCUT2D eigenvalue weighted by Gasteiger charge is -2.32. The highest BCUT2D eigenvalue weighted by Gasteiger charge is 2.20. The lowest BCUT2D eigenvalue weighted by atomic mass is 10.1. The van der Waals surface area contributed by atoms with Gasteiger partial charge in [0.2, 0.25) is 0 Å². The van der Waals surface area contributed by atoms with Crippen LogP contribution in [0, 0.1) is 0 Å². The summed E-state index contributed by atoms with van der Waals surface area (Å²) < 4.78 is 6.10. The first kappa shape index (κ1) is 14.3. The second kappa shape index (κ2) is 7.39. The first-order valence-electron chi connectivity index (χ1n) is 7.82. The molecule has 1 aliphatic heterocycles. The summed E-state index contributed by atoms with van der Waals surface area (Å²) in [6.07, 6.45) is 2.77. The van der Waals surface area contributed by atoms with E-state index in [1.165, 1.54) is 30.5 Å². The fourth-order valence-electron chi connectivity index (χ4n) is 2.92. The van der Waals surface area contributed by atoms with Gasteiger partial charge in [0.15, 0.2) is 0 Å². The van der Waals surface area contributed by atoms with E-state index in [2.05, 4.69) is 59.5 Å². The SMILES string of the molecule is c1ccc(COC2CCCN(Cc3ccccc3)C2)cc1. The summed E-state index contributed by atoms with van der Waals surface area (Å²) in [5, 5.41) is 0. The minimum absolute atomic E-state index is 0.364. The Balaban J connectivity index is 1.49. The topological polar surface area (TPSA) is 12.5 Å². The Morgan fingerprint density at radius 1 is 0.905 bits per heavy atom. The van der Waals surface area contributed by atoms with E-state index in [4.69, 9.17) is 4.74 Å². The van der Waals surface area contributed by atoms with Crippen molar-refractivity contribution in [3.05, 3.63) is 71.8 Å². The Morgan fingerprint density at radius 2 is 1.57 bits per heavy atom. The molecule has 0 N–H and O–H groups in total. The standard InChI is InChI=1S/C19H23NO/c1-3-8-17(9-4-1)14-20-13-7-12-19(15-20)21-16-18-10-5-2-6-11-18/h1-6,8-11,19H,7,12-16H2. The van der Waals surface area contributed by atoms with Gasteiger partial charge in [-0.05, 0) is 30.5 Å². The largest absolute Gasteiger partial charge is 0.372 e. The molecule has 2 heteroatoms. The predicted octanol–water partition coefficient (Wildman–Crippen LogP) is 3.87. The summed E-state index contributed by atoms with van der Waals surface area (Å²) in [5.41, 5.74) is 2.65. The Hall–Kier alpha value is -1.64. The van der Waals surface area contributed by atoms with E-state index < -0.39 is 0 Å². The molecule has 0 aliphatic carbocycles. The van der Waals surface area contributed by atoms with Crippen molar-refractivity contribution in [2.45, 2.75) is 32.1 Å². The molecule has 0 aromatic heterocycles. The van der Waals surface area contributed by atoms with E-state index in [9.17, 15) is 0 Å². The van der Waals surface area contributed by atoms with Gasteiger partial charge in [-0.1, -0.05) is 60.7 Å². The van der Waals surface area contributed by atoms with Crippen molar-refractivity contribution in [3.8, 4) is 0 Å². The Labute approximate surface area is 127 Å². The van der Waals surface area contributed by atoms with Gasteiger partial charge in [-0.2, -0.15) is 0 Å². The molecule has 0 radical (unpaired) electrons. The fraction of sp³-hybridized carbons (Fsp3) is 0.368. The van der Waals surface area contributed by atoms with Crippen LogP contribution in [0.3, 0.4) is 0 Å². The normalized spacial score (nSPS) is 19.5. The summed E-state index contributed by atoms with van der Waals surface area (Å²) in [6, 6.07) is 21.2. The molecule has 1 aliphatic rings. The molecule has 0 spiro atoms. The van der Waals surface area contributed by atoms with Gasteiger partial charge >= 0.3 is 0 Å². The highest BCUT2D eigenvalue weighted by Crippen LogP contribution is 2.17. The van der Waals surface area contributed by atoms with Crippen LogP contribution in [-0.4, -0.2) is 24.1 Å². The van der Waals surface area contributed by atoms with Crippen LogP contribution < -0.4 is 0 Å². The number of benzene rings is 2. The molecule has 21 heavy (non-hydrogen) atoms. The molecule has 2 aromatic rings. The van der Waals surface area contributed by atoms with E-state index in [-0.39, 0.29) is 0 Å². The second-order valence-corrected chi connectivity index (χ2v) is 5.78. The molecule has 1 saturated heterocycles. The van der Waals surface area contributed by atoms with Crippen LogP contribution in [0.2, 0.25) is 0 Å². The Kier molecular flexibility index (Phi) is 5.03. The highest BCUT2D eigenvalue weighted by molar-refractivity contribution is 5.15. The van der Waals surface area contributed by atoms with E-state index in [0.29, 0.717) is 6.10 Å². The zero-order valence-corrected chi connectivity index (χ0v) is 12.4. The fourth-order valence-corrected chi connectivity index (χ4v) is 2.92. The van der Waals surface area contributed by atoms with E-state index in [0.717, 1.165) is 19.7 Å². The van der Waals surface area contributed by atoms with Crippen LogP contribution in [0.5, 0.6) is 0 Å². The number of rotatable bonds is 5. The van der Waals surface area contributed by atoms with Gasteiger partial charge in [0.05, 0.1) is 12.7 Å². The average molecular weight is 281 g/mol. The third-order valence-corrected chi connectivity index (χ3v) is 4.04. The van der Waals surface area contributed by atoms with Gasteiger partial charge in [-0.25, -0.2) is 0 Å². The molecule has 2 aromatic carbocycles. The molecule has 0 amide bonds. The number of likely N-dealkylation sites (tertiary alicyclic amines) is 1. The van der Waals surface area contributed by atoms with Gasteiger partial charge in [0.1, 0.15) is 0 Å². The summed E-state index contributed by atoms with van der Waals surface area (Å²) in [5.74, 6) is 0. The first-order valence-corrected chi connectivity index (χ1v) is 7.82. The molecular weight excluding hydrogens is 258 g/mol. The van der Waals surface area contributed by atoms with Crippen LogP contribution in [0.1, 0.15) is 24.0 Å². The van der Waals surface area contributed by atoms with Crippen molar-refractivity contribution in [2.75, 3.05) is 13.1 Å². The minimum atomic E-state index is 0.364. The van der Waals surface area contributed by atoms with Crippen molar-refractivity contribution in [2.24, 2.45) is 0 Å². The van der Waals surface area contributed by atoms with Crippen molar-refractivity contribution in [3.63, 3.8) is 0 Å². The zero-order valence-electron chi connectivity index (χ0n) is 12.4. The maximum absolute atomic E-state index is 6.10. The number of hydrogen-bond acceptors (Lipinski definition) is 2. The molecule has 110 valence electrons. The lowest BCUT2D eigenvalue weighted by molar-refractivity contribution is -0.0120. The predicted molar refractivity (Wildman–Crippen MR) is 86.0 cm³/mol.